The normalized spacial score (nSPS) is 17.4. The molecular weight excluding hydrogens is 334 g/mol. The zero-order valence-electron chi connectivity index (χ0n) is 14.3. The van der Waals surface area contributed by atoms with Crippen LogP contribution in [0.15, 0.2) is 47.4 Å². The summed E-state index contributed by atoms with van der Waals surface area (Å²) >= 11 is 1.58. The molecule has 1 fully saturated rings. The third kappa shape index (κ3) is 4.30. The van der Waals surface area contributed by atoms with Gasteiger partial charge in [0.15, 0.2) is 5.78 Å². The first-order chi connectivity index (χ1) is 12.2. The average Bonchev–Trinajstić information content (AvgIpc) is 2.67. The molecule has 0 spiro atoms. The van der Waals surface area contributed by atoms with E-state index in [1.54, 1.807) is 11.8 Å². The van der Waals surface area contributed by atoms with Gasteiger partial charge >= 0.3 is 0 Å². The van der Waals surface area contributed by atoms with Gasteiger partial charge in [0.25, 0.3) is 0 Å². The topological polar surface area (TPSA) is 58.6 Å². The van der Waals surface area contributed by atoms with Gasteiger partial charge in [-0.1, -0.05) is 18.2 Å². The van der Waals surface area contributed by atoms with Gasteiger partial charge in [-0.3, -0.25) is 4.79 Å². The van der Waals surface area contributed by atoms with E-state index in [0.717, 1.165) is 34.7 Å². The van der Waals surface area contributed by atoms with Crippen molar-refractivity contribution in [2.24, 2.45) is 0 Å². The van der Waals surface area contributed by atoms with Crippen LogP contribution in [-0.2, 0) is 4.74 Å². The van der Waals surface area contributed by atoms with Gasteiger partial charge in [0.1, 0.15) is 0 Å². The van der Waals surface area contributed by atoms with Crippen LogP contribution in [0.5, 0.6) is 0 Å². The molecule has 0 bridgehead atoms. The number of thioether (sulfide) groups is 1. The van der Waals surface area contributed by atoms with E-state index in [2.05, 4.69) is 5.32 Å². The van der Waals surface area contributed by atoms with Crippen molar-refractivity contribution in [1.82, 2.24) is 5.32 Å². The largest absolute Gasteiger partial charge is 0.396 e. The molecule has 3 rings (SSSR count). The van der Waals surface area contributed by atoms with Crippen LogP contribution in [0.4, 0.5) is 0 Å². The lowest BCUT2D eigenvalue weighted by molar-refractivity contribution is 0.0273. The fraction of sp³-hybridized carbons (Fsp3) is 0.350. The molecule has 1 heterocycles. The molecule has 132 valence electrons. The highest BCUT2D eigenvalue weighted by Gasteiger charge is 2.21. The van der Waals surface area contributed by atoms with Crippen LogP contribution in [0.3, 0.4) is 0 Å². The smallest absolute Gasteiger partial charge is 0.193 e. The van der Waals surface area contributed by atoms with Crippen molar-refractivity contribution in [2.75, 3.05) is 32.1 Å². The number of benzene rings is 2. The lowest BCUT2D eigenvalue weighted by Crippen LogP contribution is -2.33. The third-order valence-corrected chi connectivity index (χ3v) is 5.36. The van der Waals surface area contributed by atoms with Gasteiger partial charge in [-0.15, -0.1) is 11.8 Å². The van der Waals surface area contributed by atoms with Crippen molar-refractivity contribution in [3.05, 3.63) is 64.7 Å². The van der Waals surface area contributed by atoms with Gasteiger partial charge in [0, 0.05) is 34.9 Å². The lowest BCUT2D eigenvalue weighted by Gasteiger charge is -2.26. The minimum absolute atomic E-state index is 0.00115. The fourth-order valence-electron chi connectivity index (χ4n) is 3.04. The standard InChI is InChI=1S/C20H23NO3S/c1-14-17(19-13-21-9-11-24-19)3-2-4-18(14)20(23)15-5-7-16(8-6-15)25-12-10-22/h2-8,19,21-22H,9-13H2,1H3. The first kappa shape index (κ1) is 18.1. The number of ether oxygens (including phenoxy) is 1. The van der Waals surface area contributed by atoms with Crippen molar-refractivity contribution < 1.29 is 14.6 Å². The Bertz CT molecular complexity index is 724. The van der Waals surface area contributed by atoms with E-state index < -0.39 is 0 Å². The van der Waals surface area contributed by atoms with E-state index in [1.165, 1.54) is 0 Å². The van der Waals surface area contributed by atoms with Gasteiger partial charge in [-0.05, 0) is 42.3 Å². The molecule has 1 aliphatic heterocycles. The van der Waals surface area contributed by atoms with Crippen LogP contribution < -0.4 is 5.32 Å². The first-order valence-electron chi connectivity index (χ1n) is 8.51. The number of hydrogen-bond donors (Lipinski definition) is 2. The van der Waals surface area contributed by atoms with Crippen molar-refractivity contribution in [3.63, 3.8) is 0 Å². The Kier molecular flexibility index (Phi) is 6.26. The highest BCUT2D eigenvalue weighted by atomic mass is 32.2. The van der Waals surface area contributed by atoms with Crippen molar-refractivity contribution >= 4 is 17.5 Å². The molecule has 1 saturated heterocycles. The second-order valence-corrected chi connectivity index (χ2v) is 7.18. The highest BCUT2D eigenvalue weighted by molar-refractivity contribution is 7.99. The molecule has 2 aromatic carbocycles. The van der Waals surface area contributed by atoms with Gasteiger partial charge in [-0.2, -0.15) is 0 Å². The Morgan fingerprint density at radius 1 is 1.28 bits per heavy atom. The molecule has 2 aromatic rings. The van der Waals surface area contributed by atoms with Gasteiger partial charge in [-0.25, -0.2) is 0 Å². The number of hydrogen-bond acceptors (Lipinski definition) is 5. The molecule has 0 amide bonds. The maximum Gasteiger partial charge on any atom is 0.193 e. The molecule has 0 aromatic heterocycles. The number of aliphatic hydroxyl groups is 1. The molecule has 4 nitrogen and oxygen atoms in total. The molecule has 0 radical (unpaired) electrons. The van der Waals surface area contributed by atoms with E-state index in [1.807, 2.05) is 49.4 Å². The van der Waals surface area contributed by atoms with E-state index >= 15 is 0 Å². The predicted molar refractivity (Wildman–Crippen MR) is 100 cm³/mol. The molecular formula is C20H23NO3S. The Morgan fingerprint density at radius 3 is 2.76 bits per heavy atom. The van der Waals surface area contributed by atoms with Crippen LogP contribution in [0.2, 0.25) is 0 Å². The maximum atomic E-state index is 12.9. The second kappa shape index (κ2) is 8.63. The summed E-state index contributed by atoms with van der Waals surface area (Å²) < 4.78 is 5.84. The Balaban J connectivity index is 1.82. The van der Waals surface area contributed by atoms with E-state index in [4.69, 9.17) is 9.84 Å². The molecule has 25 heavy (non-hydrogen) atoms. The monoisotopic (exact) mass is 357 g/mol. The van der Waals surface area contributed by atoms with E-state index in [0.29, 0.717) is 17.9 Å². The minimum Gasteiger partial charge on any atom is -0.396 e. The average molecular weight is 357 g/mol. The van der Waals surface area contributed by atoms with E-state index in [9.17, 15) is 4.79 Å². The molecule has 1 unspecified atom stereocenters. The second-order valence-electron chi connectivity index (χ2n) is 6.01. The SMILES string of the molecule is Cc1c(C(=O)c2ccc(SCCO)cc2)cccc1C1CNCCO1. The van der Waals surface area contributed by atoms with Crippen LogP contribution >= 0.6 is 11.8 Å². The molecule has 0 saturated carbocycles. The minimum atomic E-state index is -0.00115. The quantitative estimate of drug-likeness (QED) is 0.615. The van der Waals surface area contributed by atoms with Crippen molar-refractivity contribution in [2.45, 2.75) is 17.9 Å². The molecule has 1 atom stereocenters. The van der Waals surface area contributed by atoms with Gasteiger partial charge in [0.05, 0.1) is 19.3 Å². The van der Waals surface area contributed by atoms with Crippen LogP contribution in [0, 0.1) is 6.92 Å². The van der Waals surface area contributed by atoms with Gasteiger partial charge < -0.3 is 15.2 Å². The summed E-state index contributed by atoms with van der Waals surface area (Å²) in [6.07, 6.45) is -0.00115. The summed E-state index contributed by atoms with van der Waals surface area (Å²) in [4.78, 5) is 14.0. The molecule has 1 aliphatic rings. The zero-order valence-corrected chi connectivity index (χ0v) is 15.1. The summed E-state index contributed by atoms with van der Waals surface area (Å²) in [6, 6.07) is 13.4. The summed E-state index contributed by atoms with van der Waals surface area (Å²) in [5.74, 6) is 0.686. The highest BCUT2D eigenvalue weighted by Crippen LogP contribution is 2.26. The summed E-state index contributed by atoms with van der Waals surface area (Å²) in [6.45, 7) is 4.47. The Morgan fingerprint density at radius 2 is 2.08 bits per heavy atom. The number of rotatable bonds is 6. The summed E-state index contributed by atoms with van der Waals surface area (Å²) in [5.41, 5.74) is 3.46. The van der Waals surface area contributed by atoms with Crippen LogP contribution in [0.25, 0.3) is 0 Å². The number of carbonyl (C=O) groups is 1. The van der Waals surface area contributed by atoms with Crippen LogP contribution in [0.1, 0.15) is 33.2 Å². The number of aliphatic hydroxyl groups excluding tert-OH is 1. The number of ketones is 1. The van der Waals surface area contributed by atoms with Crippen molar-refractivity contribution in [1.29, 1.82) is 0 Å². The Hall–Kier alpha value is -1.66. The summed E-state index contributed by atoms with van der Waals surface area (Å²) in [5, 5.41) is 12.2. The van der Waals surface area contributed by atoms with E-state index in [-0.39, 0.29) is 18.5 Å². The molecule has 5 heteroatoms. The first-order valence-corrected chi connectivity index (χ1v) is 9.49. The lowest BCUT2D eigenvalue weighted by atomic mass is 9.93. The van der Waals surface area contributed by atoms with Crippen molar-refractivity contribution in [3.8, 4) is 0 Å². The zero-order chi connectivity index (χ0) is 17.6. The molecule has 2 N–H and O–H groups in total. The Labute approximate surface area is 152 Å². The number of carbonyl (C=O) groups excluding carboxylic acids is 1. The number of morpholine rings is 1. The predicted octanol–water partition coefficient (Wildman–Crippen LogP) is 2.97. The third-order valence-electron chi connectivity index (χ3n) is 4.37. The maximum absolute atomic E-state index is 12.9. The number of nitrogens with one attached hydrogen (secondary N) is 1. The fourth-order valence-corrected chi connectivity index (χ4v) is 3.69. The molecule has 0 aliphatic carbocycles. The van der Waals surface area contributed by atoms with Gasteiger partial charge in [0.2, 0.25) is 0 Å². The van der Waals surface area contributed by atoms with Crippen LogP contribution in [-0.4, -0.2) is 42.9 Å². The summed E-state index contributed by atoms with van der Waals surface area (Å²) in [7, 11) is 0.